The predicted octanol–water partition coefficient (Wildman–Crippen LogP) is 4.10. The average molecular weight is 389 g/mol. The van der Waals surface area contributed by atoms with Gasteiger partial charge in [0.25, 0.3) is 0 Å². The molecular weight excluding hydrogens is 368 g/mol. The van der Waals surface area contributed by atoms with Crippen molar-refractivity contribution >= 4 is 28.8 Å². The number of nitrogens with zero attached hydrogens (tertiary/aromatic N) is 2. The van der Waals surface area contributed by atoms with Crippen LogP contribution in [0.5, 0.6) is 5.75 Å². The zero-order chi connectivity index (χ0) is 19.6. The van der Waals surface area contributed by atoms with Crippen molar-refractivity contribution < 1.29 is 19.2 Å². The zero-order valence-corrected chi connectivity index (χ0v) is 16.2. The van der Waals surface area contributed by atoms with E-state index >= 15 is 0 Å². The summed E-state index contributed by atoms with van der Waals surface area (Å²) in [7, 11) is 1.48. The van der Waals surface area contributed by atoms with Crippen molar-refractivity contribution in [2.75, 3.05) is 20.3 Å². The maximum atomic E-state index is 11.7. The van der Waals surface area contributed by atoms with Gasteiger partial charge in [0.1, 0.15) is 31.8 Å². The Kier molecular flexibility index (Phi) is 7.82. The first kappa shape index (κ1) is 20.5. The molecule has 142 valence electrons. The van der Waals surface area contributed by atoms with E-state index in [9.17, 15) is 4.79 Å². The van der Waals surface area contributed by atoms with E-state index < -0.39 is 0 Å². The quantitative estimate of drug-likeness (QED) is 0.479. The molecule has 27 heavy (non-hydrogen) atoms. The van der Waals surface area contributed by atoms with Crippen LogP contribution in [0.2, 0.25) is 5.02 Å². The third-order valence-electron chi connectivity index (χ3n) is 3.50. The second-order valence-corrected chi connectivity index (χ2v) is 5.89. The second-order valence-electron chi connectivity index (χ2n) is 5.45. The fourth-order valence-electron chi connectivity index (χ4n) is 2.22. The molecule has 0 aliphatic rings. The molecule has 0 aliphatic heterocycles. The number of oxime groups is 2. The van der Waals surface area contributed by atoms with Gasteiger partial charge in [-0.05, 0) is 43.3 Å². The standard InChI is InChI=1S/C20H21ClN2O4/c1-4-27-23-20(14(2)24)16-7-11-18(12-8-16)26-13-19(22-25-3)15-5-9-17(21)10-6-15/h5-12H,4,13H2,1-3H3. The Morgan fingerprint density at radius 2 is 1.63 bits per heavy atom. The van der Waals surface area contributed by atoms with Gasteiger partial charge in [-0.25, -0.2) is 0 Å². The van der Waals surface area contributed by atoms with Crippen molar-refractivity contribution in [3.63, 3.8) is 0 Å². The molecule has 0 spiro atoms. The minimum Gasteiger partial charge on any atom is -0.487 e. The Hall–Kier alpha value is -2.86. The molecule has 0 unspecified atom stereocenters. The van der Waals surface area contributed by atoms with Crippen LogP contribution in [-0.4, -0.2) is 37.5 Å². The second kappa shape index (κ2) is 10.3. The van der Waals surface area contributed by atoms with Crippen molar-refractivity contribution in [1.29, 1.82) is 0 Å². The fraction of sp³-hybridized carbons (Fsp3) is 0.250. The molecular formula is C20H21ClN2O4. The van der Waals surface area contributed by atoms with Crippen LogP contribution in [0, 0.1) is 0 Å². The van der Waals surface area contributed by atoms with Gasteiger partial charge in [0.05, 0.1) is 0 Å². The van der Waals surface area contributed by atoms with Crippen LogP contribution in [0.25, 0.3) is 0 Å². The lowest BCUT2D eigenvalue weighted by Crippen LogP contribution is -2.14. The summed E-state index contributed by atoms with van der Waals surface area (Å²) in [6, 6.07) is 14.3. The minimum absolute atomic E-state index is 0.172. The molecule has 0 aromatic heterocycles. The minimum atomic E-state index is -0.172. The van der Waals surface area contributed by atoms with Gasteiger partial charge >= 0.3 is 0 Å². The molecule has 0 fully saturated rings. The highest BCUT2D eigenvalue weighted by molar-refractivity contribution is 6.45. The Morgan fingerprint density at radius 3 is 2.19 bits per heavy atom. The van der Waals surface area contributed by atoms with Crippen molar-refractivity contribution in [3.8, 4) is 5.75 Å². The Morgan fingerprint density at radius 1 is 1.00 bits per heavy atom. The third kappa shape index (κ3) is 6.11. The van der Waals surface area contributed by atoms with Crippen LogP contribution in [0.3, 0.4) is 0 Å². The molecule has 0 saturated carbocycles. The number of benzene rings is 2. The number of hydrogen-bond donors (Lipinski definition) is 0. The van der Waals surface area contributed by atoms with Crippen LogP contribution in [0.15, 0.2) is 58.8 Å². The van der Waals surface area contributed by atoms with Crippen LogP contribution in [0.1, 0.15) is 25.0 Å². The summed E-state index contributed by atoms with van der Waals surface area (Å²) in [6.45, 7) is 3.85. The first-order valence-electron chi connectivity index (χ1n) is 8.35. The lowest BCUT2D eigenvalue weighted by atomic mass is 10.1. The molecule has 6 nitrogen and oxygen atoms in total. The summed E-state index contributed by atoms with van der Waals surface area (Å²) >= 11 is 5.92. The van der Waals surface area contributed by atoms with E-state index in [2.05, 4.69) is 10.3 Å². The van der Waals surface area contributed by atoms with Crippen LogP contribution >= 0.6 is 11.6 Å². The van der Waals surface area contributed by atoms with Crippen molar-refractivity contribution in [2.24, 2.45) is 10.3 Å². The van der Waals surface area contributed by atoms with Gasteiger partial charge in [0.2, 0.25) is 0 Å². The molecule has 0 heterocycles. The number of carbonyl (C=O) groups is 1. The molecule has 0 atom stereocenters. The molecule has 0 aliphatic carbocycles. The van der Waals surface area contributed by atoms with Crippen LogP contribution < -0.4 is 4.74 Å². The molecule has 0 amide bonds. The Labute approximate surface area is 163 Å². The van der Waals surface area contributed by atoms with E-state index in [1.54, 1.807) is 43.3 Å². The van der Waals surface area contributed by atoms with Gasteiger partial charge in [-0.2, -0.15) is 0 Å². The summed E-state index contributed by atoms with van der Waals surface area (Å²) in [4.78, 5) is 21.6. The first-order chi connectivity index (χ1) is 13.0. The predicted molar refractivity (Wildman–Crippen MR) is 106 cm³/mol. The normalized spacial score (nSPS) is 11.9. The number of ketones is 1. The van der Waals surface area contributed by atoms with Gasteiger partial charge in [-0.3, -0.25) is 4.79 Å². The van der Waals surface area contributed by atoms with Crippen molar-refractivity contribution in [1.82, 2.24) is 0 Å². The molecule has 7 heteroatoms. The topological polar surface area (TPSA) is 69.5 Å². The lowest BCUT2D eigenvalue weighted by Gasteiger charge is -2.10. The number of halogens is 1. The highest BCUT2D eigenvalue weighted by Gasteiger charge is 2.11. The maximum absolute atomic E-state index is 11.7. The first-order valence-corrected chi connectivity index (χ1v) is 8.73. The van der Waals surface area contributed by atoms with Gasteiger partial charge in [-0.15, -0.1) is 0 Å². The van der Waals surface area contributed by atoms with E-state index in [1.165, 1.54) is 14.0 Å². The smallest absolute Gasteiger partial charge is 0.182 e. The molecule has 2 rings (SSSR count). The number of ether oxygens (including phenoxy) is 1. The summed E-state index contributed by atoms with van der Waals surface area (Å²) < 4.78 is 5.78. The van der Waals surface area contributed by atoms with Gasteiger partial charge in [-0.1, -0.05) is 34.0 Å². The Balaban J connectivity index is 2.09. The number of carbonyl (C=O) groups excluding carboxylic acids is 1. The maximum Gasteiger partial charge on any atom is 0.182 e. The molecule has 2 aromatic rings. The number of rotatable bonds is 9. The highest BCUT2D eigenvalue weighted by Crippen LogP contribution is 2.15. The van der Waals surface area contributed by atoms with Crippen LogP contribution in [-0.2, 0) is 14.5 Å². The van der Waals surface area contributed by atoms with E-state index in [-0.39, 0.29) is 18.1 Å². The van der Waals surface area contributed by atoms with E-state index in [1.807, 2.05) is 12.1 Å². The number of Topliss-reactive ketones (excluding diaryl/α,β-unsaturated/α-hetero) is 1. The summed E-state index contributed by atoms with van der Waals surface area (Å²) in [5.41, 5.74) is 2.40. The Bertz CT molecular complexity index is 815. The molecule has 0 bridgehead atoms. The lowest BCUT2D eigenvalue weighted by molar-refractivity contribution is -0.111. The third-order valence-corrected chi connectivity index (χ3v) is 3.75. The number of hydrogen-bond acceptors (Lipinski definition) is 6. The fourth-order valence-corrected chi connectivity index (χ4v) is 2.35. The van der Waals surface area contributed by atoms with Gasteiger partial charge < -0.3 is 14.4 Å². The van der Waals surface area contributed by atoms with E-state index in [0.29, 0.717) is 28.7 Å². The largest absolute Gasteiger partial charge is 0.487 e. The van der Waals surface area contributed by atoms with Crippen molar-refractivity contribution in [3.05, 3.63) is 64.7 Å². The molecule has 0 radical (unpaired) electrons. The summed E-state index contributed by atoms with van der Waals surface area (Å²) in [6.07, 6.45) is 0. The molecule has 0 saturated heterocycles. The average Bonchev–Trinajstić information content (AvgIpc) is 2.67. The SMILES string of the molecule is CCON=C(C(C)=O)c1ccc(OCC(=NOC)c2ccc(Cl)cc2)cc1. The van der Waals surface area contributed by atoms with Gasteiger partial charge in [0, 0.05) is 23.1 Å². The highest BCUT2D eigenvalue weighted by atomic mass is 35.5. The zero-order valence-electron chi connectivity index (χ0n) is 15.4. The van der Waals surface area contributed by atoms with Gasteiger partial charge in [0.15, 0.2) is 11.5 Å². The van der Waals surface area contributed by atoms with Crippen LogP contribution in [0.4, 0.5) is 0 Å². The summed E-state index contributed by atoms with van der Waals surface area (Å²) in [5.74, 6) is 0.449. The molecule has 0 N–H and O–H groups in total. The van der Waals surface area contributed by atoms with Crippen molar-refractivity contribution in [2.45, 2.75) is 13.8 Å². The summed E-state index contributed by atoms with van der Waals surface area (Å²) in [5, 5.41) is 8.52. The monoisotopic (exact) mass is 388 g/mol. The van der Waals surface area contributed by atoms with E-state index in [0.717, 1.165) is 5.56 Å². The van der Waals surface area contributed by atoms with E-state index in [4.69, 9.17) is 26.0 Å². The molecule has 2 aromatic carbocycles.